The molecule has 0 aromatic carbocycles. The second-order valence-corrected chi connectivity index (χ2v) is 4.21. The quantitative estimate of drug-likeness (QED) is 0.736. The number of carbonyl (C=O) groups excluding carboxylic acids is 1. The van der Waals surface area contributed by atoms with Gasteiger partial charge in [-0.05, 0) is 13.3 Å². The van der Waals surface area contributed by atoms with Crippen LogP contribution in [0.4, 0.5) is 13.2 Å². The van der Waals surface area contributed by atoms with Crippen LogP contribution in [0.1, 0.15) is 33.6 Å². The van der Waals surface area contributed by atoms with E-state index in [1.54, 1.807) is 13.8 Å². The third-order valence-corrected chi connectivity index (χ3v) is 3.28. The first-order chi connectivity index (χ1) is 6.71. The maximum Gasteiger partial charge on any atom is 0.414 e. The molecule has 0 heterocycles. The minimum absolute atomic E-state index is 0.00984. The van der Waals surface area contributed by atoms with Crippen molar-refractivity contribution in [1.29, 1.82) is 0 Å². The van der Waals surface area contributed by atoms with Crippen molar-refractivity contribution in [2.75, 3.05) is 0 Å². The molecule has 88 valence electrons. The molecule has 0 bridgehead atoms. The van der Waals surface area contributed by atoms with Crippen molar-refractivity contribution in [3.8, 4) is 0 Å². The Balaban J connectivity index is 2.59. The van der Waals surface area contributed by atoms with Gasteiger partial charge in [0.1, 0.15) is 5.78 Å². The van der Waals surface area contributed by atoms with Gasteiger partial charge in [-0.2, -0.15) is 13.2 Å². The smallest absolute Gasteiger partial charge is 0.364 e. The lowest BCUT2D eigenvalue weighted by atomic mass is 9.64. The number of Topliss-reactive ketones (excluding diaryl/α,β-unsaturated/α-hetero) is 1. The molecule has 1 aliphatic carbocycles. The predicted molar refractivity (Wildman–Crippen MR) is 48.4 cm³/mol. The molecule has 0 saturated heterocycles. The summed E-state index contributed by atoms with van der Waals surface area (Å²) < 4.78 is 41.5. The first-order valence-corrected chi connectivity index (χ1v) is 4.97. The number of ketones is 1. The minimum Gasteiger partial charge on any atom is -0.364 e. The van der Waals surface area contributed by atoms with E-state index in [0.717, 1.165) is 6.92 Å². The van der Waals surface area contributed by atoms with Crippen LogP contribution >= 0.6 is 0 Å². The Hall–Kier alpha value is -0.580. The number of rotatable bonds is 3. The fourth-order valence-corrected chi connectivity index (χ4v) is 1.62. The van der Waals surface area contributed by atoms with Gasteiger partial charge < -0.3 is 4.74 Å². The molecule has 15 heavy (non-hydrogen) atoms. The molecule has 1 rings (SSSR count). The van der Waals surface area contributed by atoms with Crippen LogP contribution in [0.2, 0.25) is 0 Å². The highest BCUT2D eigenvalue weighted by Gasteiger charge is 2.53. The van der Waals surface area contributed by atoms with E-state index in [4.69, 9.17) is 4.74 Å². The first-order valence-electron chi connectivity index (χ1n) is 4.97. The van der Waals surface area contributed by atoms with Crippen LogP contribution in [0.15, 0.2) is 0 Å². The van der Waals surface area contributed by atoms with E-state index < -0.39 is 23.8 Å². The number of halogens is 3. The van der Waals surface area contributed by atoms with E-state index in [9.17, 15) is 18.0 Å². The minimum atomic E-state index is -4.35. The number of hydrogen-bond donors (Lipinski definition) is 0. The van der Waals surface area contributed by atoms with Crippen LogP contribution in [0.3, 0.4) is 0 Å². The summed E-state index contributed by atoms with van der Waals surface area (Å²) >= 11 is 0. The third kappa shape index (κ3) is 2.17. The van der Waals surface area contributed by atoms with Gasteiger partial charge in [-0.15, -0.1) is 0 Å². The molecule has 0 amide bonds. The van der Waals surface area contributed by atoms with Gasteiger partial charge in [0, 0.05) is 6.42 Å². The van der Waals surface area contributed by atoms with E-state index in [0.29, 0.717) is 6.42 Å². The lowest BCUT2D eigenvalue weighted by Gasteiger charge is -2.45. The molecular formula is C10H15F3O2. The molecule has 2 nitrogen and oxygen atoms in total. The second-order valence-electron chi connectivity index (χ2n) is 4.21. The SMILES string of the molecule is CCC1(C)C(=O)CC1OC(C)C(F)(F)F. The van der Waals surface area contributed by atoms with Crippen molar-refractivity contribution in [3.63, 3.8) is 0 Å². The van der Waals surface area contributed by atoms with Crippen molar-refractivity contribution >= 4 is 5.78 Å². The zero-order valence-corrected chi connectivity index (χ0v) is 9.02. The number of ether oxygens (including phenoxy) is 1. The van der Waals surface area contributed by atoms with Gasteiger partial charge in [0.15, 0.2) is 6.10 Å². The third-order valence-electron chi connectivity index (χ3n) is 3.28. The van der Waals surface area contributed by atoms with Crippen LogP contribution in [-0.2, 0) is 9.53 Å². The van der Waals surface area contributed by atoms with Gasteiger partial charge in [-0.1, -0.05) is 13.8 Å². The summed E-state index contributed by atoms with van der Waals surface area (Å²) in [6, 6.07) is 0. The maximum absolute atomic E-state index is 12.2. The number of hydrogen-bond acceptors (Lipinski definition) is 2. The van der Waals surface area contributed by atoms with Crippen LogP contribution in [0.5, 0.6) is 0 Å². The summed E-state index contributed by atoms with van der Waals surface area (Å²) in [5.74, 6) is -0.00984. The predicted octanol–water partition coefficient (Wildman–Crippen LogP) is 2.71. The molecule has 0 aromatic rings. The highest BCUT2D eigenvalue weighted by atomic mass is 19.4. The average molecular weight is 224 g/mol. The van der Waals surface area contributed by atoms with Gasteiger partial charge in [0.05, 0.1) is 11.5 Å². The second kappa shape index (κ2) is 3.77. The number of alkyl halides is 3. The molecule has 5 heteroatoms. The molecule has 0 aromatic heterocycles. The van der Waals surface area contributed by atoms with E-state index in [-0.39, 0.29) is 12.2 Å². The fraction of sp³-hybridized carbons (Fsp3) is 0.900. The summed E-state index contributed by atoms with van der Waals surface area (Å²) in [7, 11) is 0. The molecule has 0 aliphatic heterocycles. The highest BCUT2D eigenvalue weighted by Crippen LogP contribution is 2.43. The molecule has 0 radical (unpaired) electrons. The zero-order valence-electron chi connectivity index (χ0n) is 9.02. The number of carbonyl (C=O) groups is 1. The van der Waals surface area contributed by atoms with Gasteiger partial charge in [0.2, 0.25) is 0 Å². The molecule has 0 spiro atoms. The Labute approximate surface area is 86.8 Å². The summed E-state index contributed by atoms with van der Waals surface area (Å²) in [5.41, 5.74) is -0.723. The highest BCUT2D eigenvalue weighted by molar-refractivity contribution is 5.91. The van der Waals surface area contributed by atoms with Crippen LogP contribution in [0, 0.1) is 5.41 Å². The topological polar surface area (TPSA) is 26.3 Å². The van der Waals surface area contributed by atoms with Crippen LogP contribution in [0.25, 0.3) is 0 Å². The molecule has 1 aliphatic rings. The summed E-state index contributed by atoms with van der Waals surface area (Å²) in [6.45, 7) is 4.41. The van der Waals surface area contributed by atoms with E-state index >= 15 is 0 Å². The van der Waals surface area contributed by atoms with Crippen molar-refractivity contribution in [3.05, 3.63) is 0 Å². The van der Waals surface area contributed by atoms with Crippen molar-refractivity contribution in [2.24, 2.45) is 5.41 Å². The standard InChI is InChI=1S/C10H15F3O2/c1-4-9(3)7(14)5-8(9)15-6(2)10(11,12)13/h6,8H,4-5H2,1-3H3. The van der Waals surface area contributed by atoms with E-state index in [1.165, 1.54) is 0 Å². The van der Waals surface area contributed by atoms with Gasteiger partial charge in [0.25, 0.3) is 0 Å². The largest absolute Gasteiger partial charge is 0.414 e. The summed E-state index contributed by atoms with van der Waals surface area (Å²) in [6.07, 6.45) is -6.13. The van der Waals surface area contributed by atoms with Gasteiger partial charge in [-0.3, -0.25) is 4.79 Å². The monoisotopic (exact) mass is 224 g/mol. The Morgan fingerprint density at radius 3 is 2.47 bits per heavy atom. The molecule has 3 unspecified atom stereocenters. The maximum atomic E-state index is 12.2. The Kier molecular flexibility index (Phi) is 3.14. The fourth-order valence-electron chi connectivity index (χ4n) is 1.62. The molecule has 3 atom stereocenters. The van der Waals surface area contributed by atoms with Gasteiger partial charge >= 0.3 is 6.18 Å². The Bertz CT molecular complexity index is 262. The zero-order chi connectivity index (χ0) is 11.9. The lowest BCUT2D eigenvalue weighted by Crippen LogP contribution is -2.55. The first kappa shape index (κ1) is 12.5. The molecule has 1 saturated carbocycles. The summed E-state index contributed by atoms with van der Waals surface area (Å²) in [5, 5.41) is 0. The Morgan fingerprint density at radius 2 is 2.13 bits per heavy atom. The van der Waals surface area contributed by atoms with Crippen molar-refractivity contribution in [2.45, 2.75) is 52.0 Å². The van der Waals surface area contributed by atoms with Crippen molar-refractivity contribution < 1.29 is 22.7 Å². The van der Waals surface area contributed by atoms with Crippen molar-refractivity contribution in [1.82, 2.24) is 0 Å². The lowest BCUT2D eigenvalue weighted by molar-refractivity contribution is -0.247. The normalized spacial score (nSPS) is 33.7. The molecule has 1 fully saturated rings. The summed E-state index contributed by atoms with van der Waals surface area (Å²) in [4.78, 5) is 11.3. The van der Waals surface area contributed by atoms with Gasteiger partial charge in [-0.25, -0.2) is 0 Å². The van der Waals surface area contributed by atoms with E-state index in [2.05, 4.69) is 0 Å². The molecular weight excluding hydrogens is 209 g/mol. The van der Waals surface area contributed by atoms with Crippen LogP contribution in [-0.4, -0.2) is 24.2 Å². The average Bonchev–Trinajstić information content (AvgIpc) is 2.14. The molecule has 0 N–H and O–H groups in total. The van der Waals surface area contributed by atoms with E-state index in [1.807, 2.05) is 0 Å². The Morgan fingerprint density at radius 1 is 1.60 bits per heavy atom. The van der Waals surface area contributed by atoms with Crippen LogP contribution < -0.4 is 0 Å².